The second kappa shape index (κ2) is 15.6. The van der Waals surface area contributed by atoms with Crippen LogP contribution in [0.5, 0.6) is 0 Å². The van der Waals surface area contributed by atoms with Crippen LogP contribution in [0.15, 0.2) is 121 Å². The Hall–Kier alpha value is -5.32. The molecule has 10 heteroatoms. The van der Waals surface area contributed by atoms with Gasteiger partial charge in [-0.25, -0.2) is 14.4 Å². The maximum absolute atomic E-state index is 13.4. The first kappa shape index (κ1) is 32.1. The van der Waals surface area contributed by atoms with Gasteiger partial charge in [-0.15, -0.1) is 0 Å². The van der Waals surface area contributed by atoms with Crippen molar-refractivity contribution in [3.8, 4) is 0 Å². The molecule has 1 N–H and O–H groups in total. The molecule has 1 aliphatic heterocycles. The van der Waals surface area contributed by atoms with Gasteiger partial charge in [0.2, 0.25) is 5.91 Å². The summed E-state index contributed by atoms with van der Waals surface area (Å²) >= 11 is 0. The highest BCUT2D eigenvalue weighted by atomic mass is 16.7. The number of benzene rings is 4. The van der Waals surface area contributed by atoms with Crippen LogP contribution in [0.2, 0.25) is 0 Å². The molecule has 1 amide bonds. The molecule has 1 fully saturated rings. The van der Waals surface area contributed by atoms with Crippen molar-refractivity contribution >= 4 is 23.8 Å². The van der Waals surface area contributed by atoms with Gasteiger partial charge in [0.25, 0.3) is 0 Å². The van der Waals surface area contributed by atoms with Crippen LogP contribution in [-0.2, 0) is 35.1 Å². The highest BCUT2D eigenvalue weighted by molar-refractivity contribution is 5.91. The normalized spacial score (nSPS) is 20.6. The SMILES string of the molecule is CC(=O)N[C@@H]1[C@H](OCc2ccccc2)O[C@H](COC(=O)c2ccccc2)[C@@H](OC(=O)c2ccccc2)[C@@H]1OC(=O)c1ccccc1. The lowest BCUT2D eigenvalue weighted by Gasteiger charge is -2.45. The minimum Gasteiger partial charge on any atom is -0.459 e. The number of amides is 1. The predicted molar refractivity (Wildman–Crippen MR) is 166 cm³/mol. The van der Waals surface area contributed by atoms with Gasteiger partial charge in [0.05, 0.1) is 23.3 Å². The smallest absolute Gasteiger partial charge is 0.338 e. The quantitative estimate of drug-likeness (QED) is 0.186. The van der Waals surface area contributed by atoms with Gasteiger partial charge in [0.1, 0.15) is 18.8 Å². The second-order valence-electron chi connectivity index (χ2n) is 10.5. The maximum atomic E-state index is 13.4. The molecular weight excluding hydrogens is 590 g/mol. The molecule has 1 saturated heterocycles. The Kier molecular flexibility index (Phi) is 10.9. The average molecular weight is 624 g/mol. The lowest BCUT2D eigenvalue weighted by Crippen LogP contribution is -2.66. The number of hydrogen-bond donors (Lipinski definition) is 1. The van der Waals surface area contributed by atoms with Crippen LogP contribution < -0.4 is 5.32 Å². The Balaban J connectivity index is 1.50. The first-order chi connectivity index (χ1) is 22.4. The Morgan fingerprint density at radius 1 is 0.630 bits per heavy atom. The molecular formula is C36H33NO9. The summed E-state index contributed by atoms with van der Waals surface area (Å²) in [5.74, 6) is -2.57. The first-order valence-corrected chi connectivity index (χ1v) is 14.7. The van der Waals surface area contributed by atoms with Crippen LogP contribution in [0, 0.1) is 0 Å². The highest BCUT2D eigenvalue weighted by Gasteiger charge is 2.52. The average Bonchev–Trinajstić information content (AvgIpc) is 3.09. The van der Waals surface area contributed by atoms with E-state index >= 15 is 0 Å². The molecule has 4 aromatic rings. The van der Waals surface area contributed by atoms with E-state index in [2.05, 4.69) is 5.32 Å². The number of nitrogens with one attached hydrogen (secondary N) is 1. The summed E-state index contributed by atoms with van der Waals surface area (Å²) in [7, 11) is 0. The topological polar surface area (TPSA) is 126 Å². The minimum atomic E-state index is -1.34. The van der Waals surface area contributed by atoms with E-state index in [0.717, 1.165) is 5.56 Å². The van der Waals surface area contributed by atoms with Crippen molar-refractivity contribution in [2.45, 2.75) is 44.2 Å². The van der Waals surface area contributed by atoms with Crippen molar-refractivity contribution in [3.05, 3.63) is 144 Å². The maximum Gasteiger partial charge on any atom is 0.338 e. The van der Waals surface area contributed by atoms with Gasteiger partial charge < -0.3 is 29.0 Å². The lowest BCUT2D eigenvalue weighted by atomic mass is 9.95. The van der Waals surface area contributed by atoms with E-state index in [1.807, 2.05) is 30.3 Å². The molecule has 0 unspecified atom stereocenters. The zero-order chi connectivity index (χ0) is 32.3. The number of ether oxygens (including phenoxy) is 5. The fourth-order valence-electron chi connectivity index (χ4n) is 4.95. The van der Waals surface area contributed by atoms with Crippen molar-refractivity contribution in [3.63, 3.8) is 0 Å². The molecule has 0 radical (unpaired) electrons. The van der Waals surface area contributed by atoms with Gasteiger partial charge in [-0.1, -0.05) is 84.9 Å². The molecule has 0 spiro atoms. The van der Waals surface area contributed by atoms with E-state index < -0.39 is 61.1 Å². The lowest BCUT2D eigenvalue weighted by molar-refractivity contribution is -0.272. The summed E-state index contributed by atoms with van der Waals surface area (Å²) in [5, 5.41) is 2.76. The zero-order valence-electron chi connectivity index (χ0n) is 25.0. The van der Waals surface area contributed by atoms with Crippen LogP contribution in [-0.4, -0.2) is 61.1 Å². The number of carbonyl (C=O) groups excluding carboxylic acids is 4. The second-order valence-corrected chi connectivity index (χ2v) is 10.5. The molecule has 0 aliphatic carbocycles. The number of rotatable bonds is 11. The van der Waals surface area contributed by atoms with Crippen molar-refractivity contribution in [2.75, 3.05) is 6.61 Å². The highest BCUT2D eigenvalue weighted by Crippen LogP contribution is 2.30. The zero-order valence-corrected chi connectivity index (χ0v) is 25.0. The molecule has 4 aromatic carbocycles. The molecule has 0 bridgehead atoms. The van der Waals surface area contributed by atoms with Crippen LogP contribution >= 0.6 is 0 Å². The molecule has 5 atom stereocenters. The van der Waals surface area contributed by atoms with Crippen LogP contribution in [0.25, 0.3) is 0 Å². The number of esters is 3. The summed E-state index contributed by atoms with van der Waals surface area (Å²) < 4.78 is 30.0. The molecule has 10 nitrogen and oxygen atoms in total. The van der Waals surface area contributed by atoms with E-state index in [1.165, 1.54) is 6.92 Å². The predicted octanol–water partition coefficient (Wildman–Crippen LogP) is 4.74. The Bertz CT molecular complexity index is 1600. The van der Waals surface area contributed by atoms with Crippen molar-refractivity contribution in [2.24, 2.45) is 0 Å². The van der Waals surface area contributed by atoms with Crippen LogP contribution in [0.1, 0.15) is 43.6 Å². The largest absolute Gasteiger partial charge is 0.459 e. The molecule has 46 heavy (non-hydrogen) atoms. The van der Waals surface area contributed by atoms with Gasteiger partial charge in [-0.05, 0) is 42.0 Å². The number of carbonyl (C=O) groups is 4. The third-order valence-electron chi connectivity index (χ3n) is 7.17. The molecule has 0 saturated carbocycles. The Morgan fingerprint density at radius 3 is 1.59 bits per heavy atom. The van der Waals surface area contributed by atoms with Gasteiger partial charge in [-0.3, -0.25) is 4.79 Å². The van der Waals surface area contributed by atoms with E-state index in [-0.39, 0.29) is 17.7 Å². The van der Waals surface area contributed by atoms with E-state index in [4.69, 9.17) is 23.7 Å². The standard InChI is InChI=1S/C36H33NO9/c1-24(38)37-30-32(46-35(41)28-20-12-5-13-21-28)31(45-34(40)27-18-10-4-11-19-27)29(23-42-33(39)26-16-8-3-9-17-26)44-36(30)43-22-25-14-6-2-7-15-25/h2-21,29-32,36H,22-23H2,1H3,(H,37,38)/t29-,30+,31-,32-,36-/m1/s1. The molecule has 1 aliphatic rings. The summed E-state index contributed by atoms with van der Waals surface area (Å²) in [6.07, 6.45) is -5.03. The van der Waals surface area contributed by atoms with E-state index in [9.17, 15) is 19.2 Å². The number of hydrogen-bond acceptors (Lipinski definition) is 9. The summed E-state index contributed by atoms with van der Waals surface area (Å²) in [6, 6.07) is 33.0. The third-order valence-corrected chi connectivity index (χ3v) is 7.17. The Labute approximate surface area is 266 Å². The first-order valence-electron chi connectivity index (χ1n) is 14.7. The van der Waals surface area contributed by atoms with Gasteiger partial charge in [-0.2, -0.15) is 0 Å². The summed E-state index contributed by atoms with van der Waals surface area (Å²) in [6.45, 7) is 0.979. The van der Waals surface area contributed by atoms with E-state index in [1.54, 1.807) is 91.0 Å². The fraction of sp³-hybridized carbons (Fsp3) is 0.222. The fourth-order valence-corrected chi connectivity index (χ4v) is 4.95. The van der Waals surface area contributed by atoms with Crippen LogP contribution in [0.4, 0.5) is 0 Å². The van der Waals surface area contributed by atoms with Gasteiger partial charge in [0.15, 0.2) is 18.5 Å². The molecule has 236 valence electrons. The Morgan fingerprint density at radius 2 is 1.09 bits per heavy atom. The van der Waals surface area contributed by atoms with Crippen molar-refractivity contribution in [1.29, 1.82) is 0 Å². The third kappa shape index (κ3) is 8.44. The van der Waals surface area contributed by atoms with Crippen LogP contribution in [0.3, 0.4) is 0 Å². The van der Waals surface area contributed by atoms with Gasteiger partial charge >= 0.3 is 17.9 Å². The molecule has 1 heterocycles. The molecule has 0 aromatic heterocycles. The minimum absolute atomic E-state index is 0.0753. The monoisotopic (exact) mass is 623 g/mol. The van der Waals surface area contributed by atoms with E-state index in [0.29, 0.717) is 5.56 Å². The summed E-state index contributed by atoms with van der Waals surface area (Å²) in [5.41, 5.74) is 1.58. The van der Waals surface area contributed by atoms with Crippen molar-refractivity contribution in [1.82, 2.24) is 5.32 Å². The van der Waals surface area contributed by atoms with Crippen molar-refractivity contribution < 1.29 is 42.9 Å². The molecule has 5 rings (SSSR count). The summed E-state index contributed by atoms with van der Waals surface area (Å²) in [4.78, 5) is 52.3. The van der Waals surface area contributed by atoms with Gasteiger partial charge in [0, 0.05) is 6.92 Å².